The molecule has 2 amide bonds. The van der Waals surface area contributed by atoms with Gasteiger partial charge in [0.05, 0.1) is 0 Å². The van der Waals surface area contributed by atoms with E-state index in [9.17, 15) is 9.59 Å². The molecule has 0 aliphatic heterocycles. The van der Waals surface area contributed by atoms with Crippen LogP contribution >= 0.6 is 0 Å². The van der Waals surface area contributed by atoms with Crippen molar-refractivity contribution in [2.75, 3.05) is 5.32 Å². The number of aromatic nitrogens is 1. The van der Waals surface area contributed by atoms with Gasteiger partial charge in [-0.15, -0.1) is 0 Å². The average molecular weight is 331 g/mol. The van der Waals surface area contributed by atoms with Crippen molar-refractivity contribution < 1.29 is 18.8 Å². The van der Waals surface area contributed by atoms with E-state index in [1.807, 2.05) is 6.07 Å². The van der Waals surface area contributed by atoms with Crippen molar-refractivity contribution >= 4 is 17.8 Å². The fourth-order valence-corrected chi connectivity index (χ4v) is 1.99. The lowest BCUT2D eigenvalue weighted by atomic mass is 10.1. The summed E-state index contributed by atoms with van der Waals surface area (Å²) in [6, 6.07) is 9.56. The highest BCUT2D eigenvalue weighted by Crippen LogP contribution is 2.17. The molecule has 1 heterocycles. The first-order chi connectivity index (χ1) is 11.2. The first-order valence-electron chi connectivity index (χ1n) is 7.53. The third-order valence-corrected chi connectivity index (χ3v) is 2.94. The zero-order chi connectivity index (χ0) is 17.7. The molecule has 0 fully saturated rings. The number of alkyl carbamates (subject to hydrolysis) is 1. The minimum Gasteiger partial charge on any atom is -0.444 e. The average Bonchev–Trinajstić information content (AvgIpc) is 2.89. The van der Waals surface area contributed by atoms with Gasteiger partial charge in [0.2, 0.25) is 0 Å². The van der Waals surface area contributed by atoms with Gasteiger partial charge in [-0.05, 0) is 33.3 Å². The summed E-state index contributed by atoms with van der Waals surface area (Å²) in [5, 5.41) is 8.92. The Bertz CT molecular complexity index is 704. The van der Waals surface area contributed by atoms with Crippen LogP contribution in [0.1, 0.15) is 38.1 Å². The summed E-state index contributed by atoms with van der Waals surface area (Å²) in [5.41, 5.74) is -0.0357. The number of amides is 2. The van der Waals surface area contributed by atoms with Crippen LogP contribution in [0.4, 0.5) is 10.6 Å². The molecule has 0 bridgehead atoms. The Balaban J connectivity index is 2.16. The van der Waals surface area contributed by atoms with E-state index in [1.165, 1.54) is 0 Å². The highest BCUT2D eigenvalue weighted by Gasteiger charge is 2.26. The highest BCUT2D eigenvalue weighted by atomic mass is 16.6. The van der Waals surface area contributed by atoms with Gasteiger partial charge in [0.1, 0.15) is 17.4 Å². The molecular formula is C17H21N3O4. The fourth-order valence-electron chi connectivity index (χ4n) is 1.99. The molecule has 24 heavy (non-hydrogen) atoms. The minimum atomic E-state index is -0.918. The molecule has 0 aliphatic carbocycles. The van der Waals surface area contributed by atoms with Gasteiger partial charge in [-0.2, -0.15) is 0 Å². The molecule has 0 saturated heterocycles. The summed E-state index contributed by atoms with van der Waals surface area (Å²) in [5.74, 6) is 0.409. The van der Waals surface area contributed by atoms with E-state index in [-0.39, 0.29) is 5.82 Å². The van der Waals surface area contributed by atoms with Crippen molar-refractivity contribution in [3.8, 4) is 0 Å². The van der Waals surface area contributed by atoms with Crippen molar-refractivity contribution in [3.05, 3.63) is 47.7 Å². The lowest BCUT2D eigenvalue weighted by Gasteiger charge is -2.23. The molecule has 0 saturated carbocycles. The zero-order valence-electron chi connectivity index (χ0n) is 14.1. The van der Waals surface area contributed by atoms with E-state index >= 15 is 0 Å². The highest BCUT2D eigenvalue weighted by molar-refractivity contribution is 5.96. The predicted octanol–water partition coefficient (Wildman–Crippen LogP) is 3.19. The first kappa shape index (κ1) is 17.5. The van der Waals surface area contributed by atoms with Crippen LogP contribution < -0.4 is 10.6 Å². The second kappa shape index (κ2) is 7.16. The standard InChI is InChI=1S/C17H21N3O4/c1-11-10-13(20-24-11)18-15(21)14(12-8-6-5-7-9-12)19-16(22)23-17(2,3)4/h5-10,14H,1-4H3,(H,19,22)(H,18,20,21). The van der Waals surface area contributed by atoms with Gasteiger partial charge in [0.15, 0.2) is 5.82 Å². The molecular weight excluding hydrogens is 310 g/mol. The Morgan fingerprint density at radius 2 is 1.88 bits per heavy atom. The van der Waals surface area contributed by atoms with Gasteiger partial charge in [-0.25, -0.2) is 4.79 Å². The van der Waals surface area contributed by atoms with E-state index in [0.717, 1.165) is 0 Å². The molecule has 1 aromatic heterocycles. The van der Waals surface area contributed by atoms with Crippen LogP contribution in [0.15, 0.2) is 40.9 Å². The summed E-state index contributed by atoms with van der Waals surface area (Å²) in [4.78, 5) is 24.6. The number of anilines is 1. The smallest absolute Gasteiger partial charge is 0.408 e. The topological polar surface area (TPSA) is 93.5 Å². The number of aryl methyl sites for hydroxylation is 1. The van der Waals surface area contributed by atoms with Gasteiger partial charge in [-0.3, -0.25) is 4.79 Å². The van der Waals surface area contributed by atoms with E-state index in [4.69, 9.17) is 9.26 Å². The number of nitrogens with zero attached hydrogens (tertiary/aromatic N) is 1. The number of carbonyl (C=O) groups is 2. The number of nitrogens with one attached hydrogen (secondary N) is 2. The molecule has 1 atom stereocenters. The van der Waals surface area contributed by atoms with Gasteiger partial charge in [0.25, 0.3) is 5.91 Å². The van der Waals surface area contributed by atoms with Crippen molar-refractivity contribution in [1.29, 1.82) is 0 Å². The summed E-state index contributed by atoms with van der Waals surface area (Å²) in [6.45, 7) is 6.98. The summed E-state index contributed by atoms with van der Waals surface area (Å²) < 4.78 is 10.2. The summed E-state index contributed by atoms with van der Waals surface area (Å²) >= 11 is 0. The largest absolute Gasteiger partial charge is 0.444 e. The number of hydrogen-bond donors (Lipinski definition) is 2. The Hall–Kier alpha value is -2.83. The third-order valence-electron chi connectivity index (χ3n) is 2.94. The zero-order valence-corrected chi connectivity index (χ0v) is 14.1. The molecule has 0 spiro atoms. The maximum Gasteiger partial charge on any atom is 0.408 e. The maximum absolute atomic E-state index is 12.6. The fraction of sp³-hybridized carbons (Fsp3) is 0.353. The predicted molar refractivity (Wildman–Crippen MR) is 88.4 cm³/mol. The van der Waals surface area contributed by atoms with E-state index in [1.54, 1.807) is 58.0 Å². The second-order valence-corrected chi connectivity index (χ2v) is 6.30. The van der Waals surface area contributed by atoms with Crippen LogP contribution in [0, 0.1) is 6.92 Å². The van der Waals surface area contributed by atoms with Crippen LogP contribution in [-0.2, 0) is 9.53 Å². The number of benzene rings is 1. The molecule has 7 heteroatoms. The normalized spacial score (nSPS) is 12.3. The second-order valence-electron chi connectivity index (χ2n) is 6.30. The number of ether oxygens (including phenoxy) is 1. The monoisotopic (exact) mass is 331 g/mol. The molecule has 1 aromatic carbocycles. The van der Waals surface area contributed by atoms with Gasteiger partial charge in [-0.1, -0.05) is 35.5 Å². The lowest BCUT2D eigenvalue weighted by molar-refractivity contribution is -0.118. The Morgan fingerprint density at radius 3 is 2.42 bits per heavy atom. The van der Waals surface area contributed by atoms with E-state index < -0.39 is 23.6 Å². The van der Waals surface area contributed by atoms with Crippen molar-refractivity contribution in [2.24, 2.45) is 0 Å². The molecule has 128 valence electrons. The van der Waals surface area contributed by atoms with E-state index in [0.29, 0.717) is 11.3 Å². The van der Waals surface area contributed by atoms with Crippen LogP contribution in [0.2, 0.25) is 0 Å². The van der Waals surface area contributed by atoms with Crippen molar-refractivity contribution in [1.82, 2.24) is 10.5 Å². The molecule has 1 unspecified atom stereocenters. The van der Waals surface area contributed by atoms with Gasteiger partial charge in [0, 0.05) is 6.07 Å². The van der Waals surface area contributed by atoms with Crippen LogP contribution in [0.3, 0.4) is 0 Å². The summed E-state index contributed by atoms with van der Waals surface area (Å²) in [7, 11) is 0. The molecule has 0 radical (unpaired) electrons. The van der Waals surface area contributed by atoms with Crippen LogP contribution in [-0.4, -0.2) is 22.8 Å². The Morgan fingerprint density at radius 1 is 1.21 bits per heavy atom. The molecule has 2 rings (SSSR count). The number of rotatable bonds is 4. The lowest BCUT2D eigenvalue weighted by Crippen LogP contribution is -2.40. The number of carbonyl (C=O) groups excluding carboxylic acids is 2. The Kier molecular flexibility index (Phi) is 5.23. The van der Waals surface area contributed by atoms with Crippen molar-refractivity contribution in [3.63, 3.8) is 0 Å². The number of hydrogen-bond acceptors (Lipinski definition) is 5. The third kappa shape index (κ3) is 5.12. The molecule has 0 aliphatic rings. The maximum atomic E-state index is 12.6. The first-order valence-corrected chi connectivity index (χ1v) is 7.53. The SMILES string of the molecule is Cc1cc(NC(=O)C(NC(=O)OC(C)(C)C)c2ccccc2)no1. The molecule has 2 N–H and O–H groups in total. The quantitative estimate of drug-likeness (QED) is 0.897. The molecule has 2 aromatic rings. The van der Waals surface area contributed by atoms with Crippen LogP contribution in [0.5, 0.6) is 0 Å². The van der Waals surface area contributed by atoms with Crippen molar-refractivity contribution in [2.45, 2.75) is 39.3 Å². The van der Waals surface area contributed by atoms with Gasteiger partial charge < -0.3 is 19.9 Å². The summed E-state index contributed by atoms with van der Waals surface area (Å²) in [6.07, 6.45) is -0.678. The Labute approximate surface area is 140 Å². The minimum absolute atomic E-state index is 0.282. The van der Waals surface area contributed by atoms with Gasteiger partial charge >= 0.3 is 6.09 Å². The van der Waals surface area contributed by atoms with E-state index in [2.05, 4.69) is 15.8 Å². The van der Waals surface area contributed by atoms with Crippen LogP contribution in [0.25, 0.3) is 0 Å². The molecule has 7 nitrogen and oxygen atoms in total.